The summed E-state index contributed by atoms with van der Waals surface area (Å²) in [6.07, 6.45) is 0. The molecular weight excluding hydrogens is 354 g/mol. The minimum absolute atomic E-state index is 0.00571. The van der Waals surface area contributed by atoms with Crippen molar-refractivity contribution >= 4 is 17.3 Å². The lowest BCUT2D eigenvalue weighted by Crippen LogP contribution is -2.47. The van der Waals surface area contributed by atoms with Crippen molar-refractivity contribution in [3.63, 3.8) is 0 Å². The first-order valence-electron chi connectivity index (χ1n) is 9.69. The smallest absolute Gasteiger partial charge is 0.262 e. The molecule has 0 aromatic heterocycles. The zero-order chi connectivity index (χ0) is 19.8. The Morgan fingerprint density at radius 3 is 2.32 bits per heavy atom. The Kier molecular flexibility index (Phi) is 7.28. The van der Waals surface area contributed by atoms with Gasteiger partial charge < -0.3 is 19.7 Å². The average molecular weight is 383 g/mol. The van der Waals surface area contributed by atoms with Crippen LogP contribution in [0.2, 0.25) is 0 Å². The molecule has 1 amide bonds. The Bertz CT molecular complexity index is 739. The first kappa shape index (κ1) is 20.2. The number of hydrogen-bond donors (Lipinski definition) is 1. The van der Waals surface area contributed by atoms with E-state index in [9.17, 15) is 4.79 Å². The third kappa shape index (κ3) is 5.97. The first-order valence-corrected chi connectivity index (χ1v) is 9.69. The predicted molar refractivity (Wildman–Crippen MR) is 112 cm³/mol. The summed E-state index contributed by atoms with van der Waals surface area (Å²) in [5.74, 6) is 0.529. The molecule has 1 aliphatic heterocycles. The molecule has 0 atom stereocenters. The molecule has 1 aliphatic rings. The summed E-state index contributed by atoms with van der Waals surface area (Å²) < 4.78 is 10.7. The molecular formula is C22H29N3O3. The second-order valence-electron chi connectivity index (χ2n) is 7.02. The Labute approximate surface area is 167 Å². The molecule has 6 nitrogen and oxygen atoms in total. The van der Waals surface area contributed by atoms with E-state index in [4.69, 9.17) is 9.47 Å². The fourth-order valence-corrected chi connectivity index (χ4v) is 3.19. The highest BCUT2D eigenvalue weighted by Gasteiger charge is 2.16. The third-order valence-corrected chi connectivity index (χ3v) is 4.89. The molecule has 1 heterocycles. The van der Waals surface area contributed by atoms with E-state index in [0.717, 1.165) is 50.6 Å². The quantitative estimate of drug-likeness (QED) is 0.760. The summed E-state index contributed by atoms with van der Waals surface area (Å²) >= 11 is 0. The highest BCUT2D eigenvalue weighted by atomic mass is 16.5. The third-order valence-electron chi connectivity index (χ3n) is 4.89. The minimum Gasteiger partial charge on any atom is -0.484 e. The molecule has 150 valence electrons. The lowest BCUT2D eigenvalue weighted by molar-refractivity contribution is -0.118. The van der Waals surface area contributed by atoms with Gasteiger partial charge in [0.05, 0.1) is 6.61 Å². The molecule has 0 spiro atoms. The van der Waals surface area contributed by atoms with E-state index in [1.807, 2.05) is 43.3 Å². The molecule has 2 aromatic rings. The number of methoxy groups -OCH3 is 1. The minimum atomic E-state index is -0.167. The SMILES string of the molecule is COCCN1CCN(c2ccc(NC(=O)COc3ccc(C)cc3)cc2)CC1. The van der Waals surface area contributed by atoms with Crippen molar-refractivity contribution in [3.8, 4) is 5.75 Å². The number of amides is 1. The summed E-state index contributed by atoms with van der Waals surface area (Å²) in [4.78, 5) is 16.9. The van der Waals surface area contributed by atoms with Crippen molar-refractivity contribution in [3.05, 3.63) is 54.1 Å². The topological polar surface area (TPSA) is 54.0 Å². The fourth-order valence-electron chi connectivity index (χ4n) is 3.19. The van der Waals surface area contributed by atoms with E-state index in [0.29, 0.717) is 5.75 Å². The van der Waals surface area contributed by atoms with E-state index in [2.05, 4.69) is 27.2 Å². The van der Waals surface area contributed by atoms with Crippen LogP contribution in [0.5, 0.6) is 5.75 Å². The van der Waals surface area contributed by atoms with Crippen molar-refractivity contribution in [1.82, 2.24) is 4.90 Å². The zero-order valence-electron chi connectivity index (χ0n) is 16.7. The van der Waals surface area contributed by atoms with E-state index in [1.54, 1.807) is 7.11 Å². The van der Waals surface area contributed by atoms with Gasteiger partial charge in [-0.1, -0.05) is 17.7 Å². The van der Waals surface area contributed by atoms with Crippen LogP contribution >= 0.6 is 0 Å². The molecule has 1 saturated heterocycles. The average Bonchev–Trinajstić information content (AvgIpc) is 2.73. The van der Waals surface area contributed by atoms with Gasteiger partial charge in [-0.3, -0.25) is 9.69 Å². The summed E-state index contributed by atoms with van der Waals surface area (Å²) in [6, 6.07) is 15.7. The van der Waals surface area contributed by atoms with Gasteiger partial charge in [0.2, 0.25) is 0 Å². The van der Waals surface area contributed by atoms with Crippen molar-refractivity contribution < 1.29 is 14.3 Å². The van der Waals surface area contributed by atoms with Gasteiger partial charge in [-0.05, 0) is 43.3 Å². The number of rotatable bonds is 8. The van der Waals surface area contributed by atoms with Crippen LogP contribution in [0.3, 0.4) is 0 Å². The molecule has 0 bridgehead atoms. The number of carbonyl (C=O) groups is 1. The van der Waals surface area contributed by atoms with Gasteiger partial charge in [0.15, 0.2) is 6.61 Å². The predicted octanol–water partition coefficient (Wildman–Crippen LogP) is 2.78. The number of aryl methyl sites for hydroxylation is 1. The van der Waals surface area contributed by atoms with Crippen LogP contribution in [0, 0.1) is 6.92 Å². The van der Waals surface area contributed by atoms with Crippen molar-refractivity contribution in [2.45, 2.75) is 6.92 Å². The number of benzene rings is 2. The highest BCUT2D eigenvalue weighted by Crippen LogP contribution is 2.19. The molecule has 3 rings (SSSR count). The number of nitrogens with one attached hydrogen (secondary N) is 1. The van der Waals surface area contributed by atoms with Crippen LogP contribution in [0.15, 0.2) is 48.5 Å². The van der Waals surface area contributed by atoms with Gasteiger partial charge in [-0.2, -0.15) is 0 Å². The van der Waals surface area contributed by atoms with Gasteiger partial charge in [-0.15, -0.1) is 0 Å². The Morgan fingerprint density at radius 1 is 1.00 bits per heavy atom. The van der Waals surface area contributed by atoms with Crippen LogP contribution in [-0.4, -0.2) is 63.9 Å². The molecule has 2 aromatic carbocycles. The number of nitrogens with zero attached hydrogens (tertiary/aromatic N) is 2. The van der Waals surface area contributed by atoms with Gasteiger partial charge in [0, 0.05) is 51.2 Å². The zero-order valence-corrected chi connectivity index (χ0v) is 16.7. The number of ether oxygens (including phenoxy) is 2. The summed E-state index contributed by atoms with van der Waals surface area (Å²) in [7, 11) is 1.74. The maximum Gasteiger partial charge on any atom is 0.262 e. The molecule has 6 heteroatoms. The Morgan fingerprint density at radius 2 is 1.68 bits per heavy atom. The standard InChI is InChI=1S/C22H29N3O3/c1-18-3-9-21(10-4-18)28-17-22(26)23-19-5-7-20(8-6-19)25-13-11-24(12-14-25)15-16-27-2/h3-10H,11-17H2,1-2H3,(H,23,26). The summed E-state index contributed by atoms with van der Waals surface area (Å²) in [5.41, 5.74) is 3.12. The van der Waals surface area contributed by atoms with Gasteiger partial charge in [0.25, 0.3) is 5.91 Å². The Balaban J connectivity index is 1.44. The van der Waals surface area contributed by atoms with Gasteiger partial charge in [-0.25, -0.2) is 0 Å². The maximum atomic E-state index is 12.1. The van der Waals surface area contributed by atoms with Crippen molar-refractivity contribution in [2.75, 3.05) is 63.3 Å². The van der Waals surface area contributed by atoms with E-state index < -0.39 is 0 Å². The highest BCUT2D eigenvalue weighted by molar-refractivity contribution is 5.92. The largest absolute Gasteiger partial charge is 0.484 e. The van der Waals surface area contributed by atoms with E-state index in [-0.39, 0.29) is 12.5 Å². The monoisotopic (exact) mass is 383 g/mol. The maximum absolute atomic E-state index is 12.1. The second kappa shape index (κ2) is 10.1. The molecule has 28 heavy (non-hydrogen) atoms. The molecule has 0 aliphatic carbocycles. The number of hydrogen-bond acceptors (Lipinski definition) is 5. The molecule has 0 unspecified atom stereocenters. The van der Waals surface area contributed by atoms with Crippen molar-refractivity contribution in [1.29, 1.82) is 0 Å². The summed E-state index contributed by atoms with van der Waals surface area (Å²) in [5, 5.41) is 2.88. The Hall–Kier alpha value is -2.57. The van der Waals surface area contributed by atoms with Crippen LogP contribution in [0.4, 0.5) is 11.4 Å². The normalized spacial score (nSPS) is 14.7. The lowest BCUT2D eigenvalue weighted by Gasteiger charge is -2.36. The van der Waals surface area contributed by atoms with Gasteiger partial charge >= 0.3 is 0 Å². The first-order chi connectivity index (χ1) is 13.6. The number of piperazine rings is 1. The molecule has 1 N–H and O–H groups in total. The van der Waals surface area contributed by atoms with Crippen LogP contribution in [-0.2, 0) is 9.53 Å². The van der Waals surface area contributed by atoms with Crippen LogP contribution in [0.25, 0.3) is 0 Å². The van der Waals surface area contributed by atoms with E-state index in [1.165, 1.54) is 5.69 Å². The second-order valence-corrected chi connectivity index (χ2v) is 7.02. The van der Waals surface area contributed by atoms with Crippen molar-refractivity contribution in [2.24, 2.45) is 0 Å². The van der Waals surface area contributed by atoms with Gasteiger partial charge in [0.1, 0.15) is 5.75 Å². The molecule has 1 fully saturated rings. The molecule has 0 radical (unpaired) electrons. The number of anilines is 2. The fraction of sp³-hybridized carbons (Fsp3) is 0.409. The van der Waals surface area contributed by atoms with Crippen LogP contribution < -0.4 is 15.0 Å². The number of carbonyl (C=O) groups excluding carboxylic acids is 1. The van der Waals surface area contributed by atoms with E-state index >= 15 is 0 Å². The summed E-state index contributed by atoms with van der Waals surface area (Å²) in [6.45, 7) is 7.85. The molecule has 0 saturated carbocycles. The lowest BCUT2D eigenvalue weighted by atomic mass is 10.2. The van der Waals surface area contributed by atoms with Crippen LogP contribution in [0.1, 0.15) is 5.56 Å².